The minimum absolute atomic E-state index is 0.0927. The number of carbonyl (C=O) groups excluding carboxylic acids is 3. The molecule has 4 aliphatic rings. The van der Waals surface area contributed by atoms with Crippen molar-refractivity contribution < 1.29 is 29.0 Å². The highest BCUT2D eigenvalue weighted by Crippen LogP contribution is 2.55. The van der Waals surface area contributed by atoms with E-state index in [1.165, 1.54) is 0 Å². The van der Waals surface area contributed by atoms with Gasteiger partial charge in [-0.05, 0) is 68.1 Å². The van der Waals surface area contributed by atoms with Gasteiger partial charge in [-0.25, -0.2) is 0 Å². The van der Waals surface area contributed by atoms with Crippen molar-refractivity contribution in [2.45, 2.75) is 64.8 Å². The van der Waals surface area contributed by atoms with Crippen LogP contribution in [0.5, 0.6) is 5.75 Å². The first-order valence-corrected chi connectivity index (χ1v) is 16.0. The fourth-order valence-electron chi connectivity index (χ4n) is 7.60. The van der Waals surface area contributed by atoms with Crippen molar-refractivity contribution in [3.05, 3.63) is 77.9 Å². The smallest absolute Gasteiger partial charge is 0.253 e. The molecule has 4 heterocycles. The molecule has 7 atom stereocenters. The summed E-state index contributed by atoms with van der Waals surface area (Å²) in [5.74, 6) is -2.01. The van der Waals surface area contributed by atoms with Crippen LogP contribution in [0.15, 0.2) is 66.8 Å². The average molecular weight is 614 g/mol. The molecule has 45 heavy (non-hydrogen) atoms. The Balaban J connectivity index is 1.46. The van der Waals surface area contributed by atoms with E-state index in [4.69, 9.17) is 9.47 Å². The maximum atomic E-state index is 14.8. The lowest BCUT2D eigenvalue weighted by molar-refractivity contribution is -0.145. The molecule has 238 valence electrons. The van der Waals surface area contributed by atoms with E-state index in [-0.39, 0.29) is 30.2 Å². The van der Waals surface area contributed by atoms with Crippen LogP contribution in [0.1, 0.15) is 38.3 Å². The zero-order valence-corrected chi connectivity index (χ0v) is 26.7. The monoisotopic (exact) mass is 613 g/mol. The van der Waals surface area contributed by atoms with Crippen molar-refractivity contribution in [3.63, 3.8) is 0 Å². The number of hydrogen-bond donors (Lipinski definition) is 1. The summed E-state index contributed by atoms with van der Waals surface area (Å²) in [6, 6.07) is 11.7. The Labute approximate surface area is 265 Å². The van der Waals surface area contributed by atoms with Gasteiger partial charge in [0.15, 0.2) is 0 Å². The van der Waals surface area contributed by atoms with Gasteiger partial charge in [0, 0.05) is 24.5 Å². The lowest BCUT2D eigenvalue weighted by Crippen LogP contribution is -2.59. The molecule has 2 aromatic carbocycles. The molecule has 2 aromatic rings. The van der Waals surface area contributed by atoms with Crippen LogP contribution in [0.25, 0.3) is 0 Å². The summed E-state index contributed by atoms with van der Waals surface area (Å²) < 4.78 is 12.4. The van der Waals surface area contributed by atoms with Gasteiger partial charge >= 0.3 is 0 Å². The summed E-state index contributed by atoms with van der Waals surface area (Å²) >= 11 is 0. The first-order chi connectivity index (χ1) is 21.7. The summed E-state index contributed by atoms with van der Waals surface area (Å²) in [6.45, 7) is 10.7. The number of likely N-dealkylation sites (tertiary alicyclic amines) is 1. The van der Waals surface area contributed by atoms with Gasteiger partial charge in [0.25, 0.3) is 5.91 Å². The number of rotatable bonds is 8. The lowest BCUT2D eigenvalue weighted by atomic mass is 9.77. The standard InChI is InChI=1S/C36H43N3O6/c1-6-23(4)28(21-40)39-32-35(43)38(27-20-22(3)11-12-24(27)5)19-9-17-36(32)31(34(39)42)30-29(45-36)10-8-18-37(33(30)41)25-13-15-26(16-14-25)44-7-2/h8-17,20,23,28-32,40H,6-7,18-19,21H2,1-5H3/t23-,28-,29-,30+,31-,32?,36-/m0/s1. The first kappa shape index (κ1) is 31.0. The number of fused-ring (bicyclic) bond motifs is 2. The third-order valence-electron chi connectivity index (χ3n) is 10.1. The van der Waals surface area contributed by atoms with E-state index in [9.17, 15) is 19.5 Å². The third-order valence-corrected chi connectivity index (χ3v) is 10.1. The van der Waals surface area contributed by atoms with Crippen LogP contribution in [0, 0.1) is 31.6 Å². The van der Waals surface area contributed by atoms with Gasteiger partial charge in [0.2, 0.25) is 11.8 Å². The Kier molecular flexibility index (Phi) is 8.35. The minimum Gasteiger partial charge on any atom is -0.494 e. The second-order valence-corrected chi connectivity index (χ2v) is 12.7. The van der Waals surface area contributed by atoms with Crippen LogP contribution in [0.2, 0.25) is 0 Å². The molecule has 9 nitrogen and oxygen atoms in total. The number of anilines is 2. The van der Waals surface area contributed by atoms with Crippen molar-refractivity contribution in [1.82, 2.24) is 4.90 Å². The molecule has 3 amide bonds. The average Bonchev–Trinajstić information content (AvgIpc) is 3.35. The number of carbonyl (C=O) groups is 3. The van der Waals surface area contributed by atoms with Crippen molar-refractivity contribution >= 4 is 29.1 Å². The molecule has 6 rings (SSSR count). The quantitative estimate of drug-likeness (QED) is 0.449. The molecule has 2 saturated heterocycles. The second kappa shape index (κ2) is 12.1. The predicted molar refractivity (Wildman–Crippen MR) is 172 cm³/mol. The van der Waals surface area contributed by atoms with Crippen molar-refractivity contribution in [3.8, 4) is 5.75 Å². The summed E-state index contributed by atoms with van der Waals surface area (Å²) in [5, 5.41) is 10.7. The fraction of sp³-hybridized carbons (Fsp3) is 0.472. The third kappa shape index (κ3) is 4.97. The van der Waals surface area contributed by atoms with Crippen molar-refractivity contribution in [2.24, 2.45) is 17.8 Å². The Morgan fingerprint density at radius 2 is 1.71 bits per heavy atom. The van der Waals surface area contributed by atoms with Crippen molar-refractivity contribution in [1.29, 1.82) is 0 Å². The second-order valence-electron chi connectivity index (χ2n) is 12.7. The number of amides is 3. The Bertz CT molecular complexity index is 1540. The number of hydrogen-bond acceptors (Lipinski definition) is 6. The maximum Gasteiger partial charge on any atom is 0.253 e. The van der Waals surface area contributed by atoms with Gasteiger partial charge in [0.05, 0.1) is 37.2 Å². The van der Waals surface area contributed by atoms with E-state index in [1.807, 2.05) is 101 Å². The van der Waals surface area contributed by atoms with Gasteiger partial charge in [-0.15, -0.1) is 0 Å². The van der Waals surface area contributed by atoms with Gasteiger partial charge < -0.3 is 29.3 Å². The number of aryl methyl sites for hydroxylation is 2. The molecule has 4 aliphatic heterocycles. The van der Waals surface area contributed by atoms with E-state index < -0.39 is 35.6 Å². The molecule has 0 aliphatic carbocycles. The summed E-state index contributed by atoms with van der Waals surface area (Å²) in [4.78, 5) is 49.1. The zero-order chi connectivity index (χ0) is 32.0. The highest BCUT2D eigenvalue weighted by Gasteiger charge is 2.72. The van der Waals surface area contributed by atoms with E-state index in [0.717, 1.165) is 16.8 Å². The number of nitrogens with zero attached hydrogens (tertiary/aromatic N) is 3. The normalized spacial score (nSPS) is 28.8. The minimum atomic E-state index is -1.38. The van der Waals surface area contributed by atoms with Crippen LogP contribution in [0.4, 0.5) is 11.4 Å². The van der Waals surface area contributed by atoms with Crippen LogP contribution >= 0.6 is 0 Å². The zero-order valence-electron chi connectivity index (χ0n) is 26.7. The van der Waals surface area contributed by atoms with Crippen LogP contribution in [-0.2, 0) is 19.1 Å². The highest BCUT2D eigenvalue weighted by molar-refractivity contribution is 6.07. The van der Waals surface area contributed by atoms with E-state index in [1.54, 1.807) is 14.7 Å². The molecule has 0 aromatic heterocycles. The van der Waals surface area contributed by atoms with Crippen LogP contribution in [0.3, 0.4) is 0 Å². The van der Waals surface area contributed by atoms with Crippen molar-refractivity contribution in [2.75, 3.05) is 36.1 Å². The number of ether oxygens (including phenoxy) is 2. The van der Waals surface area contributed by atoms with E-state index in [0.29, 0.717) is 37.6 Å². The number of benzene rings is 2. The van der Waals surface area contributed by atoms with Gasteiger partial charge in [-0.1, -0.05) is 56.7 Å². The fourth-order valence-corrected chi connectivity index (χ4v) is 7.60. The van der Waals surface area contributed by atoms with Gasteiger partial charge in [-0.3, -0.25) is 14.4 Å². The molecule has 1 spiro atoms. The molecule has 1 N–H and O–H groups in total. The molecule has 0 radical (unpaired) electrons. The molecular weight excluding hydrogens is 570 g/mol. The van der Waals surface area contributed by atoms with Gasteiger partial charge in [0.1, 0.15) is 17.4 Å². The molecule has 2 fully saturated rings. The molecule has 0 bridgehead atoms. The summed E-state index contributed by atoms with van der Waals surface area (Å²) in [7, 11) is 0. The topological polar surface area (TPSA) is 99.6 Å². The van der Waals surface area contributed by atoms with Gasteiger partial charge in [-0.2, -0.15) is 0 Å². The molecule has 1 unspecified atom stereocenters. The molecule has 9 heteroatoms. The van der Waals surface area contributed by atoms with E-state index >= 15 is 0 Å². The Hall–Kier alpha value is -3.95. The molecule has 0 saturated carbocycles. The largest absolute Gasteiger partial charge is 0.494 e. The first-order valence-electron chi connectivity index (χ1n) is 16.0. The SMILES string of the molecule is CCOc1ccc(N2CC=C[C@@H]3O[C@]45C=CCN(c6cc(C)ccc6C)C(=O)C4N([C@@H](CO)[C@@H](C)CC)C(=O)[C@@H]5[C@@H]3C2=O)cc1. The lowest BCUT2D eigenvalue weighted by Gasteiger charge is -2.40. The highest BCUT2D eigenvalue weighted by atomic mass is 16.5. The molecular formula is C36H43N3O6. The maximum absolute atomic E-state index is 14.8. The van der Waals surface area contributed by atoms with E-state index in [2.05, 4.69) is 0 Å². The Morgan fingerprint density at radius 3 is 2.40 bits per heavy atom. The van der Waals surface area contributed by atoms with Crippen LogP contribution < -0.4 is 14.5 Å². The Morgan fingerprint density at radius 1 is 0.978 bits per heavy atom. The van der Waals surface area contributed by atoms with Crippen LogP contribution in [-0.4, -0.2) is 77.8 Å². The predicted octanol–water partition coefficient (Wildman–Crippen LogP) is 4.20. The summed E-state index contributed by atoms with van der Waals surface area (Å²) in [5.41, 5.74) is 2.04. The summed E-state index contributed by atoms with van der Waals surface area (Å²) in [6.07, 6.45) is 7.52. The number of aliphatic hydroxyl groups excluding tert-OH is 1. The number of aliphatic hydroxyl groups is 1.